The fourth-order valence-electron chi connectivity index (χ4n) is 7.72. The Morgan fingerprint density at radius 3 is 1.84 bits per heavy atom. The van der Waals surface area contributed by atoms with Gasteiger partial charge in [0.05, 0.1) is 38.0 Å². The molecule has 0 bridgehead atoms. The van der Waals surface area contributed by atoms with Crippen LogP contribution >= 0.6 is 11.3 Å². The second-order valence-corrected chi connectivity index (χ2v) is 13.7. The Hall–Kier alpha value is -6.30. The third-order valence-electron chi connectivity index (χ3n) is 9.91. The zero-order valence-corrected chi connectivity index (χ0v) is 27.0. The first-order chi connectivity index (χ1) is 24.3. The van der Waals surface area contributed by atoms with Gasteiger partial charge < -0.3 is 4.57 Å². The van der Waals surface area contributed by atoms with Crippen molar-refractivity contribution in [3.63, 3.8) is 0 Å². The van der Waals surface area contributed by atoms with E-state index in [0.717, 1.165) is 43.6 Å². The van der Waals surface area contributed by atoms with Crippen LogP contribution in [0.25, 0.3) is 97.6 Å². The van der Waals surface area contributed by atoms with Crippen LogP contribution < -0.4 is 0 Å². The molecule has 0 aliphatic rings. The predicted octanol–water partition coefficient (Wildman–Crippen LogP) is 11.9. The van der Waals surface area contributed by atoms with Crippen molar-refractivity contribution >= 4 is 86.0 Å². The number of hydrogen-bond acceptors (Lipinski definition) is 3. The highest BCUT2D eigenvalue weighted by molar-refractivity contribution is 7.26. The molecule has 11 rings (SSSR count). The van der Waals surface area contributed by atoms with Crippen molar-refractivity contribution in [2.45, 2.75) is 0 Å². The lowest BCUT2D eigenvalue weighted by Gasteiger charge is -2.11. The summed E-state index contributed by atoms with van der Waals surface area (Å²) in [6, 6.07) is 56.5. The molecular formula is C44H26N4S. The molecule has 0 spiro atoms. The number of fused-ring (bicyclic) bond motifs is 10. The average Bonchev–Trinajstić information content (AvgIpc) is 3.81. The lowest BCUT2D eigenvalue weighted by molar-refractivity contribution is 1.02. The molecule has 0 aliphatic heterocycles. The fourth-order valence-corrected chi connectivity index (χ4v) is 8.87. The number of para-hydroxylation sites is 3. The normalized spacial score (nSPS) is 12.1. The predicted molar refractivity (Wildman–Crippen MR) is 207 cm³/mol. The monoisotopic (exact) mass is 642 g/mol. The molecule has 0 amide bonds. The number of nitrogens with zero attached hydrogens (tertiary/aromatic N) is 4. The molecule has 49 heavy (non-hydrogen) atoms. The number of aromatic nitrogens is 4. The lowest BCUT2D eigenvalue weighted by atomic mass is 10.1. The van der Waals surface area contributed by atoms with Gasteiger partial charge in [0.15, 0.2) is 0 Å². The molecule has 11 aromatic rings. The number of hydrogen-bond donors (Lipinski definition) is 0. The van der Waals surface area contributed by atoms with E-state index in [-0.39, 0.29) is 0 Å². The molecule has 0 fully saturated rings. The summed E-state index contributed by atoms with van der Waals surface area (Å²) in [6.45, 7) is 0. The van der Waals surface area contributed by atoms with Gasteiger partial charge >= 0.3 is 0 Å². The van der Waals surface area contributed by atoms with E-state index in [2.05, 4.69) is 167 Å². The lowest BCUT2D eigenvalue weighted by Crippen LogP contribution is -2.02. The Balaban J connectivity index is 1.24. The molecule has 4 nitrogen and oxygen atoms in total. The minimum atomic E-state index is 0.680. The summed E-state index contributed by atoms with van der Waals surface area (Å²) in [6.07, 6.45) is 0. The quantitative estimate of drug-likeness (QED) is 0.192. The van der Waals surface area contributed by atoms with E-state index in [9.17, 15) is 0 Å². The molecular weight excluding hydrogens is 617 g/mol. The molecule has 0 radical (unpaired) electrons. The Bertz CT molecular complexity index is 3110. The van der Waals surface area contributed by atoms with Gasteiger partial charge in [-0.2, -0.15) is 0 Å². The third-order valence-corrected chi connectivity index (χ3v) is 11.1. The minimum Gasteiger partial charge on any atom is -0.309 e. The van der Waals surface area contributed by atoms with E-state index < -0.39 is 0 Å². The van der Waals surface area contributed by atoms with Crippen LogP contribution in [0, 0.1) is 0 Å². The number of rotatable bonds is 3. The molecule has 7 aromatic carbocycles. The maximum Gasteiger partial charge on any atom is 0.235 e. The molecule has 0 unspecified atom stereocenters. The molecule has 0 N–H and O–H groups in total. The van der Waals surface area contributed by atoms with Crippen molar-refractivity contribution in [2.24, 2.45) is 0 Å². The van der Waals surface area contributed by atoms with Gasteiger partial charge in [-0.3, -0.25) is 4.57 Å². The van der Waals surface area contributed by atoms with E-state index in [1.165, 1.54) is 48.1 Å². The topological polar surface area (TPSA) is 35.6 Å². The summed E-state index contributed by atoms with van der Waals surface area (Å²) in [4.78, 5) is 10.9. The molecule has 0 saturated heterocycles. The van der Waals surface area contributed by atoms with E-state index in [1.807, 2.05) is 0 Å². The SMILES string of the molecule is c1ccc(-n2c3ccccc3c3cc(-c4nc(-n5c6ccccc6c6cc7ccccc7cc65)nc5c4sc4ccccc45)ccc32)cc1. The van der Waals surface area contributed by atoms with Crippen LogP contribution in [-0.2, 0) is 0 Å². The van der Waals surface area contributed by atoms with Crippen LogP contribution in [0.4, 0.5) is 0 Å². The van der Waals surface area contributed by atoms with Gasteiger partial charge in [-0.15, -0.1) is 11.3 Å². The summed E-state index contributed by atoms with van der Waals surface area (Å²) >= 11 is 1.77. The average molecular weight is 643 g/mol. The highest BCUT2D eigenvalue weighted by atomic mass is 32.1. The van der Waals surface area contributed by atoms with Crippen molar-refractivity contribution in [1.29, 1.82) is 0 Å². The Labute approximate surface area is 284 Å². The number of thiophene rings is 1. The van der Waals surface area contributed by atoms with Gasteiger partial charge in [-0.05, 0) is 65.4 Å². The van der Waals surface area contributed by atoms with E-state index >= 15 is 0 Å². The van der Waals surface area contributed by atoms with Gasteiger partial charge in [-0.25, -0.2) is 9.97 Å². The van der Waals surface area contributed by atoms with Crippen molar-refractivity contribution in [2.75, 3.05) is 0 Å². The highest BCUT2D eigenvalue weighted by Gasteiger charge is 2.21. The Morgan fingerprint density at radius 1 is 0.429 bits per heavy atom. The van der Waals surface area contributed by atoms with Crippen LogP contribution in [0.2, 0.25) is 0 Å². The number of benzene rings is 7. The first kappa shape index (κ1) is 26.7. The smallest absolute Gasteiger partial charge is 0.235 e. The maximum absolute atomic E-state index is 5.50. The second kappa shape index (κ2) is 10.1. The summed E-state index contributed by atoms with van der Waals surface area (Å²) < 4.78 is 6.92. The summed E-state index contributed by atoms with van der Waals surface area (Å²) in [5.74, 6) is 0.680. The van der Waals surface area contributed by atoms with Crippen LogP contribution in [0.3, 0.4) is 0 Å². The molecule has 4 heterocycles. The molecule has 228 valence electrons. The molecule has 0 atom stereocenters. The standard InChI is InChI=1S/C44H26N4S/c1-2-14-30(15-3-1)47-36-19-9-6-16-31(36)34-25-29(22-23-38(34)47)41-43-42(33-18-8-11-21-40(33)49-43)46-44(45-41)48-37-20-10-7-17-32(37)35-24-27-12-4-5-13-28(27)26-39(35)48/h1-26H. The fraction of sp³-hybridized carbons (Fsp3) is 0. The largest absolute Gasteiger partial charge is 0.309 e. The van der Waals surface area contributed by atoms with Gasteiger partial charge in [0.1, 0.15) is 0 Å². The van der Waals surface area contributed by atoms with E-state index in [4.69, 9.17) is 9.97 Å². The van der Waals surface area contributed by atoms with E-state index in [0.29, 0.717) is 5.95 Å². The molecule has 0 aliphatic carbocycles. The highest BCUT2D eigenvalue weighted by Crippen LogP contribution is 2.42. The van der Waals surface area contributed by atoms with Crippen LogP contribution in [0.5, 0.6) is 0 Å². The summed E-state index contributed by atoms with van der Waals surface area (Å²) in [5.41, 5.74) is 8.73. The third kappa shape index (κ3) is 3.85. The Kier molecular flexibility index (Phi) is 5.51. The van der Waals surface area contributed by atoms with Crippen molar-refractivity contribution in [1.82, 2.24) is 19.1 Å². The first-order valence-corrected chi connectivity index (χ1v) is 17.3. The van der Waals surface area contributed by atoms with Gasteiger partial charge in [-0.1, -0.05) is 103 Å². The van der Waals surface area contributed by atoms with Crippen LogP contribution in [0.1, 0.15) is 0 Å². The zero-order chi connectivity index (χ0) is 32.1. The minimum absolute atomic E-state index is 0.680. The Morgan fingerprint density at radius 2 is 1.04 bits per heavy atom. The van der Waals surface area contributed by atoms with E-state index in [1.54, 1.807) is 11.3 Å². The summed E-state index contributed by atoms with van der Waals surface area (Å²) in [5, 5.41) is 8.39. The molecule has 5 heteroatoms. The van der Waals surface area contributed by atoms with Crippen molar-refractivity contribution in [3.8, 4) is 22.9 Å². The second-order valence-electron chi connectivity index (χ2n) is 12.6. The molecule has 4 aromatic heterocycles. The summed E-state index contributed by atoms with van der Waals surface area (Å²) in [7, 11) is 0. The van der Waals surface area contributed by atoms with Gasteiger partial charge in [0, 0.05) is 42.9 Å². The molecule has 0 saturated carbocycles. The maximum atomic E-state index is 5.50. The zero-order valence-electron chi connectivity index (χ0n) is 26.2. The van der Waals surface area contributed by atoms with Gasteiger partial charge in [0.25, 0.3) is 0 Å². The van der Waals surface area contributed by atoms with Crippen LogP contribution in [-0.4, -0.2) is 19.1 Å². The van der Waals surface area contributed by atoms with Crippen LogP contribution in [0.15, 0.2) is 158 Å². The van der Waals surface area contributed by atoms with Gasteiger partial charge in [0.2, 0.25) is 5.95 Å². The van der Waals surface area contributed by atoms with Crippen molar-refractivity contribution in [3.05, 3.63) is 158 Å². The van der Waals surface area contributed by atoms with Crippen molar-refractivity contribution < 1.29 is 0 Å². The first-order valence-electron chi connectivity index (χ1n) is 16.5.